The van der Waals surface area contributed by atoms with E-state index in [1.165, 1.54) is 29.4 Å². The van der Waals surface area contributed by atoms with Gasteiger partial charge in [-0.2, -0.15) is 5.10 Å². The second-order valence-corrected chi connectivity index (χ2v) is 5.25. The molecule has 3 heteroatoms. The average Bonchev–Trinajstić information content (AvgIpc) is 2.66. The van der Waals surface area contributed by atoms with Crippen molar-refractivity contribution < 1.29 is 0 Å². The second-order valence-electron chi connectivity index (χ2n) is 4.60. The zero-order chi connectivity index (χ0) is 12.3. The van der Waals surface area contributed by atoms with E-state index in [9.17, 15) is 0 Å². The van der Waals surface area contributed by atoms with Gasteiger partial charge in [0.15, 0.2) is 0 Å². The first-order chi connectivity index (χ1) is 8.26. The fourth-order valence-electron chi connectivity index (χ4n) is 2.35. The van der Waals surface area contributed by atoms with Gasteiger partial charge in [-0.3, -0.25) is 4.68 Å². The Balaban J connectivity index is 2.29. The van der Waals surface area contributed by atoms with Crippen molar-refractivity contribution in [2.75, 3.05) is 5.33 Å². The first-order valence-electron chi connectivity index (χ1n) is 6.22. The molecular formula is C14H19BrN2. The minimum Gasteiger partial charge on any atom is -0.268 e. The highest BCUT2D eigenvalue weighted by Gasteiger charge is 2.13. The number of hydrogen-bond donors (Lipinski definition) is 0. The predicted octanol–water partition coefficient (Wildman–Crippen LogP) is 3.93. The van der Waals surface area contributed by atoms with Crippen LogP contribution in [0.1, 0.15) is 25.5 Å². The van der Waals surface area contributed by atoms with Gasteiger partial charge in [-0.25, -0.2) is 0 Å². The highest BCUT2D eigenvalue weighted by atomic mass is 79.9. The van der Waals surface area contributed by atoms with Crippen LogP contribution in [0.5, 0.6) is 0 Å². The Morgan fingerprint density at radius 1 is 1.35 bits per heavy atom. The zero-order valence-electron chi connectivity index (χ0n) is 10.5. The third-order valence-corrected chi connectivity index (χ3v) is 4.15. The van der Waals surface area contributed by atoms with Gasteiger partial charge in [0.05, 0.1) is 11.2 Å². The lowest BCUT2D eigenvalue weighted by atomic mass is 9.99. The first kappa shape index (κ1) is 12.6. The number of rotatable bonds is 5. The maximum absolute atomic E-state index is 4.66. The molecule has 0 bridgehead atoms. The summed E-state index contributed by atoms with van der Waals surface area (Å²) in [4.78, 5) is 0. The van der Waals surface area contributed by atoms with Gasteiger partial charge in [-0.15, -0.1) is 0 Å². The Kier molecular flexibility index (Phi) is 4.21. The van der Waals surface area contributed by atoms with Crippen molar-refractivity contribution >= 4 is 26.8 Å². The lowest BCUT2D eigenvalue weighted by Crippen LogP contribution is -2.06. The molecule has 1 aromatic carbocycles. The summed E-state index contributed by atoms with van der Waals surface area (Å²) >= 11 is 3.61. The highest BCUT2D eigenvalue weighted by molar-refractivity contribution is 9.09. The van der Waals surface area contributed by atoms with Crippen molar-refractivity contribution in [3.05, 3.63) is 30.0 Å². The van der Waals surface area contributed by atoms with Crippen LogP contribution < -0.4 is 0 Å². The second kappa shape index (κ2) is 5.67. The quantitative estimate of drug-likeness (QED) is 0.764. The summed E-state index contributed by atoms with van der Waals surface area (Å²) in [5.74, 6) is 0.693. The molecule has 2 nitrogen and oxygen atoms in total. The van der Waals surface area contributed by atoms with Gasteiger partial charge in [-0.05, 0) is 24.8 Å². The van der Waals surface area contributed by atoms with Crippen molar-refractivity contribution in [2.24, 2.45) is 13.0 Å². The molecule has 0 spiro atoms. The Hall–Kier alpha value is -0.830. The van der Waals surface area contributed by atoms with Crippen LogP contribution in [-0.4, -0.2) is 15.1 Å². The Bertz CT molecular complexity index is 490. The van der Waals surface area contributed by atoms with E-state index in [0.29, 0.717) is 5.92 Å². The minimum atomic E-state index is 0.693. The molecule has 92 valence electrons. The lowest BCUT2D eigenvalue weighted by Gasteiger charge is -2.10. The monoisotopic (exact) mass is 294 g/mol. The predicted molar refractivity (Wildman–Crippen MR) is 76.6 cm³/mol. The standard InChI is InChI=1S/C14H19BrN2/c1-3-6-11(10-15)9-13-12-7-4-5-8-14(12)17(2)16-13/h4-5,7-8,11H,3,6,9-10H2,1-2H3. The number of aromatic nitrogens is 2. The van der Waals surface area contributed by atoms with Gasteiger partial charge in [0.25, 0.3) is 0 Å². The van der Waals surface area contributed by atoms with Crippen LogP contribution in [0.4, 0.5) is 0 Å². The molecule has 0 N–H and O–H groups in total. The third-order valence-electron chi connectivity index (χ3n) is 3.23. The van der Waals surface area contributed by atoms with Crippen molar-refractivity contribution in [3.63, 3.8) is 0 Å². The average molecular weight is 295 g/mol. The largest absolute Gasteiger partial charge is 0.268 e. The molecule has 0 fully saturated rings. The Morgan fingerprint density at radius 2 is 2.12 bits per heavy atom. The fraction of sp³-hybridized carbons (Fsp3) is 0.500. The molecule has 0 amide bonds. The number of aryl methyl sites for hydroxylation is 1. The van der Waals surface area contributed by atoms with E-state index in [4.69, 9.17) is 0 Å². The van der Waals surface area contributed by atoms with Crippen LogP contribution in [0.15, 0.2) is 24.3 Å². The van der Waals surface area contributed by atoms with Crippen LogP contribution >= 0.6 is 15.9 Å². The number of alkyl halides is 1. The van der Waals surface area contributed by atoms with E-state index >= 15 is 0 Å². The summed E-state index contributed by atoms with van der Waals surface area (Å²) in [6.07, 6.45) is 3.57. The summed E-state index contributed by atoms with van der Waals surface area (Å²) < 4.78 is 1.99. The van der Waals surface area contributed by atoms with E-state index < -0.39 is 0 Å². The number of benzene rings is 1. The summed E-state index contributed by atoms with van der Waals surface area (Å²) in [6, 6.07) is 8.47. The van der Waals surface area contributed by atoms with Gasteiger partial charge >= 0.3 is 0 Å². The highest BCUT2D eigenvalue weighted by Crippen LogP contribution is 2.22. The van der Waals surface area contributed by atoms with E-state index in [2.05, 4.69) is 52.2 Å². The molecule has 0 radical (unpaired) electrons. The molecule has 17 heavy (non-hydrogen) atoms. The maximum atomic E-state index is 4.66. The molecule has 1 heterocycles. The summed E-state index contributed by atoms with van der Waals surface area (Å²) in [5.41, 5.74) is 2.47. The topological polar surface area (TPSA) is 17.8 Å². The van der Waals surface area contributed by atoms with Gasteiger partial charge in [0, 0.05) is 17.8 Å². The summed E-state index contributed by atoms with van der Waals surface area (Å²) in [7, 11) is 2.02. The number of para-hydroxylation sites is 1. The van der Waals surface area contributed by atoms with Crippen LogP contribution in [0.3, 0.4) is 0 Å². The minimum absolute atomic E-state index is 0.693. The smallest absolute Gasteiger partial charge is 0.0706 e. The van der Waals surface area contributed by atoms with Crippen molar-refractivity contribution in [1.29, 1.82) is 0 Å². The molecule has 0 saturated heterocycles. The summed E-state index contributed by atoms with van der Waals surface area (Å²) in [6.45, 7) is 2.24. The number of fused-ring (bicyclic) bond motifs is 1. The van der Waals surface area contributed by atoms with Crippen molar-refractivity contribution in [3.8, 4) is 0 Å². The fourth-order valence-corrected chi connectivity index (χ4v) is 2.91. The van der Waals surface area contributed by atoms with Crippen LogP contribution in [0.25, 0.3) is 10.9 Å². The number of hydrogen-bond acceptors (Lipinski definition) is 1. The van der Waals surface area contributed by atoms with Gasteiger partial charge in [0.1, 0.15) is 0 Å². The Labute approximate surface area is 111 Å². The molecule has 0 aliphatic heterocycles. The molecule has 0 aliphatic carbocycles. The molecule has 1 unspecified atom stereocenters. The Morgan fingerprint density at radius 3 is 2.82 bits per heavy atom. The van der Waals surface area contributed by atoms with Gasteiger partial charge in [-0.1, -0.05) is 47.5 Å². The molecule has 1 atom stereocenters. The molecule has 2 rings (SSSR count). The van der Waals surface area contributed by atoms with Crippen LogP contribution in [0.2, 0.25) is 0 Å². The van der Waals surface area contributed by atoms with Crippen LogP contribution in [0, 0.1) is 5.92 Å². The van der Waals surface area contributed by atoms with E-state index in [1.807, 2.05) is 11.7 Å². The molecule has 2 aromatic rings. The normalized spacial score (nSPS) is 13.1. The molecule has 1 aromatic heterocycles. The van der Waals surface area contributed by atoms with Gasteiger partial charge in [0.2, 0.25) is 0 Å². The summed E-state index contributed by atoms with van der Waals surface area (Å²) in [5, 5.41) is 7.02. The van der Waals surface area contributed by atoms with Gasteiger partial charge < -0.3 is 0 Å². The van der Waals surface area contributed by atoms with Crippen molar-refractivity contribution in [1.82, 2.24) is 9.78 Å². The molecular weight excluding hydrogens is 276 g/mol. The lowest BCUT2D eigenvalue weighted by molar-refractivity contribution is 0.525. The first-order valence-corrected chi connectivity index (χ1v) is 7.35. The third kappa shape index (κ3) is 2.71. The number of halogens is 1. The van der Waals surface area contributed by atoms with Crippen LogP contribution in [-0.2, 0) is 13.5 Å². The number of nitrogens with zero attached hydrogens (tertiary/aromatic N) is 2. The maximum Gasteiger partial charge on any atom is 0.0706 e. The van der Waals surface area contributed by atoms with E-state index in [0.717, 1.165) is 11.8 Å². The molecule has 0 saturated carbocycles. The molecule has 0 aliphatic rings. The SMILES string of the molecule is CCCC(CBr)Cc1nn(C)c2ccccc12. The van der Waals surface area contributed by atoms with E-state index in [1.54, 1.807) is 0 Å². The zero-order valence-corrected chi connectivity index (χ0v) is 12.1. The van der Waals surface area contributed by atoms with Crippen molar-refractivity contribution in [2.45, 2.75) is 26.2 Å². The van der Waals surface area contributed by atoms with E-state index in [-0.39, 0.29) is 0 Å².